The lowest BCUT2D eigenvalue weighted by molar-refractivity contribution is -0.385. The molecule has 0 N–H and O–H groups in total. The maximum Gasteiger partial charge on any atom is 0.287 e. The molecule has 3 aromatic rings. The molecule has 0 spiro atoms. The van der Waals surface area contributed by atoms with Crippen LogP contribution in [-0.4, -0.2) is 19.5 Å². The maximum atomic E-state index is 10.7. The number of pyridine rings is 1. The van der Waals surface area contributed by atoms with E-state index in [1.54, 1.807) is 6.07 Å². The van der Waals surface area contributed by atoms with Gasteiger partial charge in [-0.15, -0.1) is 5.10 Å². The van der Waals surface area contributed by atoms with Crippen LogP contribution < -0.4 is 0 Å². The van der Waals surface area contributed by atoms with Crippen LogP contribution in [0.3, 0.4) is 0 Å². The van der Waals surface area contributed by atoms with Gasteiger partial charge < -0.3 is 0 Å². The van der Waals surface area contributed by atoms with Crippen molar-refractivity contribution in [3.8, 4) is 11.4 Å². The van der Waals surface area contributed by atoms with Gasteiger partial charge in [0.05, 0.1) is 4.92 Å². The highest BCUT2D eigenvalue weighted by Gasteiger charge is 2.10. The minimum absolute atomic E-state index is 0.0141. The fourth-order valence-corrected chi connectivity index (χ4v) is 1.97. The van der Waals surface area contributed by atoms with Crippen molar-refractivity contribution in [1.82, 2.24) is 14.6 Å². The predicted molar refractivity (Wildman–Crippen MR) is 72.8 cm³/mol. The van der Waals surface area contributed by atoms with Crippen molar-refractivity contribution in [3.05, 3.63) is 57.2 Å². The Bertz CT molecular complexity index is 767. The van der Waals surface area contributed by atoms with E-state index in [0.29, 0.717) is 11.5 Å². The van der Waals surface area contributed by atoms with Crippen molar-refractivity contribution in [2.24, 2.45) is 0 Å². The molecule has 0 atom stereocenters. The van der Waals surface area contributed by atoms with Crippen LogP contribution in [0, 0.1) is 10.1 Å². The van der Waals surface area contributed by atoms with Crippen LogP contribution in [0.15, 0.2) is 47.1 Å². The number of hydrogen-bond acceptors (Lipinski definition) is 4. The lowest BCUT2D eigenvalue weighted by Gasteiger charge is -1.94. The first-order valence-corrected chi connectivity index (χ1v) is 6.19. The Hall–Kier alpha value is -2.28. The van der Waals surface area contributed by atoms with Crippen molar-refractivity contribution in [2.75, 3.05) is 0 Å². The molecule has 2 aromatic heterocycles. The van der Waals surface area contributed by atoms with Crippen molar-refractivity contribution < 1.29 is 4.92 Å². The molecule has 94 valence electrons. The first kappa shape index (κ1) is 11.8. The fourth-order valence-electron chi connectivity index (χ4n) is 1.70. The van der Waals surface area contributed by atoms with Crippen molar-refractivity contribution in [2.45, 2.75) is 0 Å². The summed E-state index contributed by atoms with van der Waals surface area (Å²) in [7, 11) is 0. The molecule has 19 heavy (non-hydrogen) atoms. The van der Waals surface area contributed by atoms with Gasteiger partial charge in [0.2, 0.25) is 0 Å². The number of fused-ring (bicyclic) bond motifs is 1. The molecule has 0 fully saturated rings. The summed E-state index contributed by atoms with van der Waals surface area (Å²) in [4.78, 5) is 14.6. The number of benzene rings is 1. The van der Waals surface area contributed by atoms with Crippen LogP contribution in [0.25, 0.3) is 17.0 Å². The number of halogens is 1. The van der Waals surface area contributed by atoms with Crippen LogP contribution in [0.5, 0.6) is 0 Å². The molecule has 0 unspecified atom stereocenters. The monoisotopic (exact) mass is 318 g/mol. The normalized spacial score (nSPS) is 10.8. The molecule has 0 radical (unpaired) electrons. The third-order valence-corrected chi connectivity index (χ3v) is 3.16. The molecule has 0 saturated heterocycles. The highest BCUT2D eigenvalue weighted by molar-refractivity contribution is 9.10. The SMILES string of the molecule is O=[N+]([O-])c1ccc2nc(-c3ccc(Br)cc3)nn2c1. The van der Waals surface area contributed by atoms with Gasteiger partial charge in [-0.2, -0.15) is 0 Å². The predicted octanol–water partition coefficient (Wildman–Crippen LogP) is 3.07. The summed E-state index contributed by atoms with van der Waals surface area (Å²) < 4.78 is 2.38. The zero-order chi connectivity index (χ0) is 13.4. The molecule has 0 aliphatic carbocycles. The van der Waals surface area contributed by atoms with Gasteiger partial charge in [0.15, 0.2) is 11.5 Å². The second-order valence-corrected chi connectivity index (χ2v) is 4.81. The highest BCUT2D eigenvalue weighted by Crippen LogP contribution is 2.20. The lowest BCUT2D eigenvalue weighted by Crippen LogP contribution is -1.92. The maximum absolute atomic E-state index is 10.7. The average Bonchev–Trinajstić information content (AvgIpc) is 2.82. The van der Waals surface area contributed by atoms with Crippen LogP contribution in [-0.2, 0) is 0 Å². The van der Waals surface area contributed by atoms with E-state index in [1.165, 1.54) is 16.8 Å². The summed E-state index contributed by atoms with van der Waals surface area (Å²) in [6.07, 6.45) is 1.35. The molecule has 0 amide bonds. The number of nitrogens with zero attached hydrogens (tertiary/aromatic N) is 4. The largest absolute Gasteiger partial charge is 0.287 e. The van der Waals surface area contributed by atoms with Gasteiger partial charge in [-0.1, -0.05) is 28.1 Å². The Morgan fingerprint density at radius 3 is 2.58 bits per heavy atom. The quantitative estimate of drug-likeness (QED) is 0.537. The summed E-state index contributed by atoms with van der Waals surface area (Å²) in [5, 5.41) is 14.9. The third kappa shape index (κ3) is 2.19. The molecule has 1 aromatic carbocycles. The first-order chi connectivity index (χ1) is 9.13. The Balaban J connectivity index is 2.11. The summed E-state index contributed by atoms with van der Waals surface area (Å²) in [5.74, 6) is 0.535. The average molecular weight is 319 g/mol. The molecule has 0 saturated carbocycles. The molecule has 2 heterocycles. The third-order valence-electron chi connectivity index (χ3n) is 2.63. The van der Waals surface area contributed by atoms with Crippen molar-refractivity contribution >= 4 is 27.3 Å². The van der Waals surface area contributed by atoms with E-state index in [1.807, 2.05) is 24.3 Å². The molecule has 0 bridgehead atoms. The van der Waals surface area contributed by atoms with Gasteiger partial charge in [-0.3, -0.25) is 10.1 Å². The second-order valence-electron chi connectivity index (χ2n) is 3.89. The molecule has 0 aliphatic rings. The summed E-state index contributed by atoms with van der Waals surface area (Å²) in [5.41, 5.74) is 1.41. The first-order valence-electron chi connectivity index (χ1n) is 5.40. The van der Waals surface area contributed by atoms with Crippen LogP contribution in [0.1, 0.15) is 0 Å². The number of aromatic nitrogens is 3. The van der Waals surface area contributed by atoms with E-state index >= 15 is 0 Å². The van der Waals surface area contributed by atoms with E-state index < -0.39 is 4.92 Å². The molecule has 3 rings (SSSR count). The van der Waals surface area contributed by atoms with Gasteiger partial charge in [0.1, 0.15) is 6.20 Å². The van der Waals surface area contributed by atoms with E-state index in [4.69, 9.17) is 0 Å². The van der Waals surface area contributed by atoms with Crippen LogP contribution in [0.4, 0.5) is 5.69 Å². The minimum atomic E-state index is -0.458. The molecular weight excluding hydrogens is 312 g/mol. The van der Waals surface area contributed by atoms with Crippen LogP contribution >= 0.6 is 15.9 Å². The number of rotatable bonds is 2. The lowest BCUT2D eigenvalue weighted by atomic mass is 10.2. The number of nitro groups is 1. The summed E-state index contributed by atoms with van der Waals surface area (Å²) in [6, 6.07) is 10.5. The van der Waals surface area contributed by atoms with Crippen LogP contribution in [0.2, 0.25) is 0 Å². The Kier molecular flexibility index (Phi) is 2.75. The Morgan fingerprint density at radius 1 is 1.16 bits per heavy atom. The van der Waals surface area contributed by atoms with E-state index in [0.717, 1.165) is 10.0 Å². The van der Waals surface area contributed by atoms with E-state index in [-0.39, 0.29) is 5.69 Å². The Labute approximate surface area is 116 Å². The minimum Gasteiger partial charge on any atom is -0.258 e. The smallest absolute Gasteiger partial charge is 0.258 e. The highest BCUT2D eigenvalue weighted by atomic mass is 79.9. The van der Waals surface area contributed by atoms with Gasteiger partial charge >= 0.3 is 0 Å². The second kappa shape index (κ2) is 4.43. The molecular formula is C12H7BrN4O2. The molecule has 7 heteroatoms. The van der Waals surface area contributed by atoms with E-state index in [2.05, 4.69) is 26.0 Å². The molecule has 6 nitrogen and oxygen atoms in total. The van der Waals surface area contributed by atoms with E-state index in [9.17, 15) is 10.1 Å². The zero-order valence-electron chi connectivity index (χ0n) is 9.52. The van der Waals surface area contributed by atoms with Gasteiger partial charge in [0.25, 0.3) is 5.69 Å². The standard InChI is InChI=1S/C12H7BrN4O2/c13-9-3-1-8(2-4-9)12-14-11-6-5-10(17(18)19)7-16(11)15-12/h1-7H. The topological polar surface area (TPSA) is 73.3 Å². The summed E-state index contributed by atoms with van der Waals surface area (Å²) >= 11 is 3.36. The fraction of sp³-hybridized carbons (Fsp3) is 0. The van der Waals surface area contributed by atoms with Gasteiger partial charge in [0, 0.05) is 16.1 Å². The van der Waals surface area contributed by atoms with Crippen molar-refractivity contribution in [3.63, 3.8) is 0 Å². The summed E-state index contributed by atoms with van der Waals surface area (Å²) in [6.45, 7) is 0. The molecule has 0 aliphatic heterocycles. The number of hydrogen-bond donors (Lipinski definition) is 0. The Morgan fingerprint density at radius 2 is 1.89 bits per heavy atom. The zero-order valence-corrected chi connectivity index (χ0v) is 11.1. The van der Waals surface area contributed by atoms with Crippen molar-refractivity contribution in [1.29, 1.82) is 0 Å². The van der Waals surface area contributed by atoms with Gasteiger partial charge in [-0.25, -0.2) is 9.50 Å². The van der Waals surface area contributed by atoms with Gasteiger partial charge in [-0.05, 0) is 18.2 Å².